The summed E-state index contributed by atoms with van der Waals surface area (Å²) >= 11 is 0. The van der Waals surface area contributed by atoms with Crippen molar-refractivity contribution in [2.24, 2.45) is 0 Å². The second-order valence-electron chi connectivity index (χ2n) is 7.59. The van der Waals surface area contributed by atoms with Gasteiger partial charge in [0.15, 0.2) is 11.6 Å². The highest BCUT2D eigenvalue weighted by Gasteiger charge is 2.40. The summed E-state index contributed by atoms with van der Waals surface area (Å²) in [6.45, 7) is 2.63. The molecule has 1 atom stereocenters. The highest BCUT2D eigenvalue weighted by Crippen LogP contribution is 2.50. The Balaban J connectivity index is 1.66. The molecule has 0 spiro atoms. The lowest BCUT2D eigenvalue weighted by molar-refractivity contribution is 0.0977. The largest absolute Gasteiger partial charge is 0.529 e. The van der Waals surface area contributed by atoms with E-state index in [4.69, 9.17) is 13.6 Å². The van der Waals surface area contributed by atoms with Gasteiger partial charge in [-0.3, -0.25) is 18.6 Å². The van der Waals surface area contributed by atoms with Gasteiger partial charge >= 0.3 is 7.82 Å². The van der Waals surface area contributed by atoms with E-state index in [9.17, 15) is 14.2 Å². The van der Waals surface area contributed by atoms with Crippen LogP contribution in [0.4, 0.5) is 0 Å². The minimum Gasteiger partial charge on any atom is -0.403 e. The normalized spacial score (nSPS) is 16.9. The zero-order chi connectivity index (χ0) is 21.9. The Morgan fingerprint density at radius 1 is 0.935 bits per heavy atom. The lowest BCUT2D eigenvalue weighted by Gasteiger charge is -2.27. The van der Waals surface area contributed by atoms with Crippen molar-refractivity contribution < 1.29 is 27.7 Å². The second kappa shape index (κ2) is 7.02. The van der Waals surface area contributed by atoms with Crippen molar-refractivity contribution in [3.8, 4) is 5.75 Å². The summed E-state index contributed by atoms with van der Waals surface area (Å²) in [5, 5.41) is 0. The standard InChI is InChI=1S/C23H20NO6P/c1-13-15-8-5-4-7-14(15)11-24-12-17-20(21(13)24)22(25)16-9-6-10-18(19(16)23(17)26)30-31(27,28-2)29-3/h4-10,12-13H,11H2,1-3H3. The van der Waals surface area contributed by atoms with Gasteiger partial charge in [0.2, 0.25) is 0 Å². The van der Waals surface area contributed by atoms with E-state index in [2.05, 4.69) is 12.1 Å². The summed E-state index contributed by atoms with van der Waals surface area (Å²) in [6, 6.07) is 12.7. The van der Waals surface area contributed by atoms with Crippen LogP contribution in [0.5, 0.6) is 5.75 Å². The fraction of sp³-hybridized carbons (Fsp3) is 0.217. The molecule has 8 heteroatoms. The van der Waals surface area contributed by atoms with Crippen LogP contribution in [0.15, 0.2) is 48.7 Å². The molecule has 7 nitrogen and oxygen atoms in total. The maximum Gasteiger partial charge on any atom is 0.529 e. The van der Waals surface area contributed by atoms with E-state index >= 15 is 0 Å². The molecule has 31 heavy (non-hydrogen) atoms. The first-order valence-corrected chi connectivity index (χ1v) is 11.3. The molecule has 0 N–H and O–H groups in total. The third kappa shape index (κ3) is 2.85. The van der Waals surface area contributed by atoms with E-state index in [0.29, 0.717) is 17.7 Å². The highest BCUT2D eigenvalue weighted by atomic mass is 31.2. The molecule has 2 aromatic carbocycles. The summed E-state index contributed by atoms with van der Waals surface area (Å²) in [5.41, 5.74) is 4.20. The number of carbonyl (C=O) groups is 2. The van der Waals surface area contributed by atoms with Crippen LogP contribution < -0.4 is 4.52 Å². The van der Waals surface area contributed by atoms with Gasteiger partial charge in [-0.05, 0) is 17.2 Å². The Morgan fingerprint density at radius 2 is 1.65 bits per heavy atom. The Hall–Kier alpha value is -2.99. The molecule has 1 unspecified atom stereocenters. The van der Waals surface area contributed by atoms with E-state index in [-0.39, 0.29) is 34.4 Å². The Morgan fingerprint density at radius 3 is 2.39 bits per heavy atom. The van der Waals surface area contributed by atoms with Crippen molar-refractivity contribution in [3.05, 3.63) is 87.7 Å². The first kappa shape index (κ1) is 19.9. The summed E-state index contributed by atoms with van der Waals surface area (Å²) in [4.78, 5) is 27.1. The van der Waals surface area contributed by atoms with Gasteiger partial charge in [0.25, 0.3) is 0 Å². The molecule has 2 aliphatic rings. The van der Waals surface area contributed by atoms with Crippen molar-refractivity contribution in [1.82, 2.24) is 4.57 Å². The Kier molecular flexibility index (Phi) is 4.52. The van der Waals surface area contributed by atoms with Gasteiger partial charge in [-0.25, -0.2) is 4.57 Å². The number of carbonyl (C=O) groups excluding carboxylic acids is 2. The molecule has 1 aliphatic carbocycles. The van der Waals surface area contributed by atoms with Crippen LogP contribution in [0.1, 0.15) is 61.5 Å². The topological polar surface area (TPSA) is 83.8 Å². The van der Waals surface area contributed by atoms with Gasteiger partial charge < -0.3 is 9.09 Å². The molecule has 2 heterocycles. The molecule has 5 rings (SSSR count). The van der Waals surface area contributed by atoms with Crippen molar-refractivity contribution in [3.63, 3.8) is 0 Å². The second-order valence-corrected chi connectivity index (χ2v) is 9.40. The molecular formula is C23H20NO6P. The fourth-order valence-corrected chi connectivity index (χ4v) is 5.27. The minimum absolute atomic E-state index is 0.00552. The predicted octanol–water partition coefficient (Wildman–Crippen LogP) is 4.56. The summed E-state index contributed by atoms with van der Waals surface area (Å²) in [7, 11) is -1.53. The minimum atomic E-state index is -3.90. The third-order valence-corrected chi connectivity index (χ3v) is 7.33. The number of ketones is 2. The van der Waals surface area contributed by atoms with Crippen molar-refractivity contribution >= 4 is 19.4 Å². The number of fused-ring (bicyclic) bond motifs is 5. The SMILES string of the molecule is COP(=O)(OC)Oc1cccc2c1C(=O)c1cn3c(c1C2=O)C(C)c1ccccc1C3. The molecule has 0 fully saturated rings. The summed E-state index contributed by atoms with van der Waals surface area (Å²) in [6.07, 6.45) is 1.74. The molecule has 0 bridgehead atoms. The fourth-order valence-electron chi connectivity index (χ4n) is 4.58. The van der Waals surface area contributed by atoms with Crippen LogP contribution in [0, 0.1) is 0 Å². The molecule has 0 saturated heterocycles. The number of hydrogen-bond donors (Lipinski definition) is 0. The monoisotopic (exact) mass is 437 g/mol. The maximum absolute atomic E-state index is 13.5. The smallest absolute Gasteiger partial charge is 0.403 e. The molecule has 1 aliphatic heterocycles. The van der Waals surface area contributed by atoms with E-state index in [1.54, 1.807) is 18.3 Å². The lowest BCUT2D eigenvalue weighted by Crippen LogP contribution is -2.23. The maximum atomic E-state index is 13.5. The zero-order valence-corrected chi connectivity index (χ0v) is 18.1. The molecule has 3 aromatic rings. The predicted molar refractivity (Wildman–Crippen MR) is 113 cm³/mol. The van der Waals surface area contributed by atoms with Crippen molar-refractivity contribution in [1.29, 1.82) is 0 Å². The Labute approximate surface area is 179 Å². The van der Waals surface area contributed by atoms with Gasteiger partial charge in [-0.2, -0.15) is 0 Å². The summed E-state index contributed by atoms with van der Waals surface area (Å²) in [5.74, 6) is -0.639. The molecule has 0 radical (unpaired) electrons. The van der Waals surface area contributed by atoms with Gasteiger partial charge in [0, 0.05) is 44.1 Å². The molecule has 0 saturated carbocycles. The van der Waals surface area contributed by atoms with Crippen LogP contribution in [-0.4, -0.2) is 30.4 Å². The van der Waals surface area contributed by atoms with Gasteiger partial charge in [0.1, 0.15) is 5.75 Å². The van der Waals surface area contributed by atoms with E-state index in [0.717, 1.165) is 16.8 Å². The van der Waals surface area contributed by atoms with E-state index in [1.807, 2.05) is 23.6 Å². The molecule has 158 valence electrons. The highest BCUT2D eigenvalue weighted by molar-refractivity contribution is 7.48. The number of phosphoric ester groups is 1. The van der Waals surface area contributed by atoms with Gasteiger partial charge in [-0.15, -0.1) is 0 Å². The van der Waals surface area contributed by atoms with Crippen LogP contribution in [0.3, 0.4) is 0 Å². The number of nitrogens with zero attached hydrogens (tertiary/aromatic N) is 1. The number of hydrogen-bond acceptors (Lipinski definition) is 6. The Bertz CT molecular complexity index is 1300. The number of phosphoric acid groups is 1. The molecular weight excluding hydrogens is 417 g/mol. The van der Waals surface area contributed by atoms with Crippen LogP contribution in [0.25, 0.3) is 0 Å². The average Bonchev–Trinajstić information content (AvgIpc) is 3.17. The zero-order valence-electron chi connectivity index (χ0n) is 17.2. The van der Waals surface area contributed by atoms with Crippen molar-refractivity contribution in [2.45, 2.75) is 19.4 Å². The van der Waals surface area contributed by atoms with E-state index in [1.165, 1.54) is 20.3 Å². The average molecular weight is 437 g/mol. The van der Waals surface area contributed by atoms with Gasteiger partial charge in [0.05, 0.1) is 16.7 Å². The van der Waals surface area contributed by atoms with Crippen molar-refractivity contribution in [2.75, 3.05) is 14.2 Å². The first-order chi connectivity index (χ1) is 14.9. The quantitative estimate of drug-likeness (QED) is 0.436. The van der Waals surface area contributed by atoms with E-state index < -0.39 is 7.82 Å². The lowest BCUT2D eigenvalue weighted by atomic mass is 9.81. The molecule has 0 amide bonds. The number of benzene rings is 2. The molecule has 1 aromatic heterocycles. The number of rotatable bonds is 4. The van der Waals surface area contributed by atoms with Crippen LogP contribution in [-0.2, 0) is 20.2 Å². The van der Waals surface area contributed by atoms with Crippen LogP contribution >= 0.6 is 7.82 Å². The first-order valence-electron chi connectivity index (χ1n) is 9.83. The third-order valence-electron chi connectivity index (χ3n) is 6.02. The number of aromatic nitrogens is 1. The van der Waals surface area contributed by atoms with Crippen LogP contribution in [0.2, 0.25) is 0 Å². The summed E-state index contributed by atoms with van der Waals surface area (Å²) < 4.78 is 29.6. The van der Waals surface area contributed by atoms with Gasteiger partial charge in [-0.1, -0.05) is 43.3 Å².